The molecule has 13 heavy (non-hydrogen) atoms. The van der Waals surface area contributed by atoms with Crippen molar-refractivity contribution in [1.82, 2.24) is 0 Å². The van der Waals surface area contributed by atoms with Gasteiger partial charge in [0.2, 0.25) is 0 Å². The Morgan fingerprint density at radius 1 is 1.92 bits per heavy atom. The minimum absolute atomic E-state index is 0.0767. The van der Waals surface area contributed by atoms with Gasteiger partial charge in [-0.3, -0.25) is 0 Å². The molecule has 1 aliphatic heterocycles. The smallest absolute Gasteiger partial charge is 0.328 e. The molecule has 1 heterocycles. The van der Waals surface area contributed by atoms with E-state index in [0.717, 1.165) is 6.08 Å². The van der Waals surface area contributed by atoms with Crippen LogP contribution in [0.2, 0.25) is 0 Å². The highest BCUT2D eigenvalue weighted by molar-refractivity contribution is 5.80. The standard InChI is InChI=1S/C9H7NO3/c1-10-6-4-7-9(5-6,13-7)3-2-8(11)12/h2-4,7H,5H2,(H,11,12)/b3-2+. The summed E-state index contributed by atoms with van der Waals surface area (Å²) in [6.45, 7) is 6.77. The highest BCUT2D eigenvalue weighted by Crippen LogP contribution is 2.50. The highest BCUT2D eigenvalue weighted by atomic mass is 16.6. The maximum atomic E-state index is 10.2. The number of rotatable bonds is 2. The molecule has 4 heteroatoms. The molecular weight excluding hydrogens is 170 g/mol. The van der Waals surface area contributed by atoms with Gasteiger partial charge in [0.15, 0.2) is 5.70 Å². The molecule has 0 amide bonds. The number of carboxylic acids is 1. The lowest BCUT2D eigenvalue weighted by atomic mass is 10.1. The first-order valence-corrected chi connectivity index (χ1v) is 3.84. The number of nitrogens with zero attached hydrogens (tertiary/aromatic N) is 1. The molecule has 0 spiro atoms. The van der Waals surface area contributed by atoms with Crippen LogP contribution in [0.3, 0.4) is 0 Å². The van der Waals surface area contributed by atoms with Crippen molar-refractivity contribution < 1.29 is 14.6 Å². The van der Waals surface area contributed by atoms with Crippen molar-refractivity contribution in [3.8, 4) is 0 Å². The molecule has 0 aromatic carbocycles. The van der Waals surface area contributed by atoms with E-state index in [0.29, 0.717) is 12.1 Å². The molecule has 4 nitrogen and oxygen atoms in total. The molecular formula is C9H7NO3. The molecule has 1 fully saturated rings. The number of epoxide rings is 1. The summed E-state index contributed by atoms with van der Waals surface area (Å²) >= 11 is 0. The molecule has 2 rings (SSSR count). The van der Waals surface area contributed by atoms with Crippen molar-refractivity contribution in [3.63, 3.8) is 0 Å². The summed E-state index contributed by atoms with van der Waals surface area (Å²) in [5, 5.41) is 8.41. The maximum absolute atomic E-state index is 10.2. The molecule has 2 unspecified atom stereocenters. The van der Waals surface area contributed by atoms with E-state index in [9.17, 15) is 4.79 Å². The van der Waals surface area contributed by atoms with Crippen LogP contribution in [-0.2, 0) is 9.53 Å². The van der Waals surface area contributed by atoms with Crippen molar-refractivity contribution in [2.24, 2.45) is 0 Å². The molecule has 0 saturated carbocycles. The molecule has 66 valence electrons. The lowest BCUT2D eigenvalue weighted by molar-refractivity contribution is -0.131. The van der Waals surface area contributed by atoms with Gasteiger partial charge in [-0.25, -0.2) is 9.64 Å². The van der Waals surface area contributed by atoms with Gasteiger partial charge in [0.05, 0.1) is 12.7 Å². The van der Waals surface area contributed by atoms with Gasteiger partial charge in [-0.15, -0.1) is 0 Å². The van der Waals surface area contributed by atoms with Gasteiger partial charge >= 0.3 is 5.97 Å². The first kappa shape index (κ1) is 8.02. The quantitative estimate of drug-likeness (QED) is 0.388. The summed E-state index contributed by atoms with van der Waals surface area (Å²) in [6, 6.07) is 0. The van der Waals surface area contributed by atoms with Crippen LogP contribution in [0.15, 0.2) is 23.9 Å². The molecule has 1 aliphatic carbocycles. The zero-order valence-electron chi connectivity index (χ0n) is 6.73. The van der Waals surface area contributed by atoms with Gasteiger partial charge in [0.25, 0.3) is 0 Å². The fraction of sp³-hybridized carbons (Fsp3) is 0.333. The number of hydrogen-bond donors (Lipinski definition) is 1. The van der Waals surface area contributed by atoms with Crippen LogP contribution in [0, 0.1) is 6.57 Å². The van der Waals surface area contributed by atoms with E-state index in [2.05, 4.69) is 4.85 Å². The number of carboxylic acid groups (broad SMARTS) is 1. The third-order valence-corrected chi connectivity index (χ3v) is 2.22. The summed E-state index contributed by atoms with van der Waals surface area (Å²) in [6.07, 6.45) is 4.77. The van der Waals surface area contributed by atoms with Gasteiger partial charge in [-0.1, -0.05) is 6.08 Å². The first-order valence-electron chi connectivity index (χ1n) is 3.84. The third-order valence-electron chi connectivity index (χ3n) is 2.22. The van der Waals surface area contributed by atoms with Gasteiger partial charge in [-0.05, 0) is 6.08 Å². The second kappa shape index (κ2) is 2.44. The fourth-order valence-electron chi connectivity index (χ4n) is 1.52. The molecule has 1 saturated heterocycles. The lowest BCUT2D eigenvalue weighted by Gasteiger charge is -1.99. The zero-order valence-corrected chi connectivity index (χ0v) is 6.73. The van der Waals surface area contributed by atoms with E-state index >= 15 is 0 Å². The van der Waals surface area contributed by atoms with Gasteiger partial charge in [0, 0.05) is 12.5 Å². The summed E-state index contributed by atoms with van der Waals surface area (Å²) in [7, 11) is 0. The van der Waals surface area contributed by atoms with E-state index < -0.39 is 11.6 Å². The fourth-order valence-corrected chi connectivity index (χ4v) is 1.52. The Hall–Kier alpha value is -1.60. The van der Waals surface area contributed by atoms with Gasteiger partial charge in [-0.2, -0.15) is 0 Å². The largest absolute Gasteiger partial charge is 0.478 e. The first-order chi connectivity index (χ1) is 6.16. The van der Waals surface area contributed by atoms with Crippen LogP contribution in [-0.4, -0.2) is 22.8 Å². The van der Waals surface area contributed by atoms with Crippen LogP contribution >= 0.6 is 0 Å². The van der Waals surface area contributed by atoms with Crippen LogP contribution in [0.1, 0.15) is 6.42 Å². The number of aliphatic carboxylic acids is 1. The Kier molecular flexibility index (Phi) is 1.51. The molecule has 0 aromatic heterocycles. The van der Waals surface area contributed by atoms with Crippen molar-refractivity contribution in [2.75, 3.05) is 0 Å². The number of ether oxygens (including phenoxy) is 1. The summed E-state index contributed by atoms with van der Waals surface area (Å²) in [5.74, 6) is -0.986. The predicted molar refractivity (Wildman–Crippen MR) is 43.7 cm³/mol. The summed E-state index contributed by atoms with van der Waals surface area (Å²) in [5.41, 5.74) is 0.157. The van der Waals surface area contributed by atoms with Crippen molar-refractivity contribution in [2.45, 2.75) is 18.1 Å². The van der Waals surface area contributed by atoms with E-state index in [-0.39, 0.29) is 6.10 Å². The van der Waals surface area contributed by atoms with E-state index in [1.54, 1.807) is 6.08 Å². The monoisotopic (exact) mass is 177 g/mol. The Morgan fingerprint density at radius 2 is 2.69 bits per heavy atom. The van der Waals surface area contributed by atoms with Crippen molar-refractivity contribution in [1.29, 1.82) is 0 Å². The van der Waals surface area contributed by atoms with E-state index in [4.69, 9.17) is 16.4 Å². The Bertz CT molecular complexity index is 364. The minimum atomic E-state index is -0.986. The minimum Gasteiger partial charge on any atom is -0.478 e. The maximum Gasteiger partial charge on any atom is 0.328 e. The van der Waals surface area contributed by atoms with Crippen molar-refractivity contribution >= 4 is 5.97 Å². The van der Waals surface area contributed by atoms with Crippen molar-refractivity contribution in [3.05, 3.63) is 35.3 Å². The van der Waals surface area contributed by atoms with Crippen LogP contribution in [0.25, 0.3) is 4.85 Å². The number of hydrogen-bond acceptors (Lipinski definition) is 2. The van der Waals surface area contributed by atoms with Crippen LogP contribution in [0.5, 0.6) is 0 Å². The zero-order chi connectivity index (χ0) is 9.47. The SMILES string of the molecule is [C-]#[N+]C1=CC2OC2(/C=C/C(=O)O)C1. The van der Waals surface area contributed by atoms with E-state index in [1.807, 2.05) is 0 Å². The van der Waals surface area contributed by atoms with Gasteiger partial charge in [0.1, 0.15) is 5.60 Å². The van der Waals surface area contributed by atoms with E-state index in [1.165, 1.54) is 6.08 Å². The summed E-state index contributed by atoms with van der Waals surface area (Å²) in [4.78, 5) is 13.5. The Morgan fingerprint density at radius 3 is 3.23 bits per heavy atom. The molecule has 2 aliphatic rings. The molecule has 0 bridgehead atoms. The average molecular weight is 177 g/mol. The topological polar surface area (TPSA) is 54.2 Å². The number of carbonyl (C=O) groups is 1. The molecule has 1 N–H and O–H groups in total. The molecule has 0 radical (unpaired) electrons. The highest BCUT2D eigenvalue weighted by Gasteiger charge is 2.57. The molecule has 2 atom stereocenters. The van der Waals surface area contributed by atoms with Crippen LogP contribution < -0.4 is 0 Å². The lowest BCUT2D eigenvalue weighted by Crippen LogP contribution is -2.07. The third kappa shape index (κ3) is 1.23. The normalized spacial score (nSPS) is 35.3. The predicted octanol–water partition coefficient (Wildman–Crippen LogP) is 0.972. The number of fused-ring (bicyclic) bond motifs is 1. The van der Waals surface area contributed by atoms with Gasteiger partial charge < -0.3 is 9.84 Å². The Labute approximate surface area is 74.9 Å². The summed E-state index contributed by atoms with van der Waals surface area (Å²) < 4.78 is 5.25. The Balaban J connectivity index is 2.08. The second-order valence-electron chi connectivity index (χ2n) is 3.11. The second-order valence-corrected chi connectivity index (χ2v) is 3.11. The van der Waals surface area contributed by atoms with Crippen LogP contribution in [0.4, 0.5) is 0 Å². The average Bonchev–Trinajstić information content (AvgIpc) is 2.66. The molecule has 0 aromatic rings.